The number of carbonyl (C=O) groups is 1. The molecule has 0 saturated carbocycles. The molecule has 0 fully saturated rings. The fraction of sp³-hybridized carbons (Fsp3) is 0.227. The van der Waals surface area contributed by atoms with E-state index in [9.17, 15) is 9.59 Å². The highest BCUT2D eigenvalue weighted by atomic mass is 16.5. The Bertz CT molecular complexity index is 986. The van der Waals surface area contributed by atoms with Crippen molar-refractivity contribution in [3.63, 3.8) is 0 Å². The van der Waals surface area contributed by atoms with Gasteiger partial charge in [0.05, 0.1) is 0 Å². The Balaban J connectivity index is 1.63. The van der Waals surface area contributed by atoms with E-state index in [0.29, 0.717) is 11.4 Å². The molecular weight excluding hydrogens is 354 g/mol. The summed E-state index contributed by atoms with van der Waals surface area (Å²) in [6.07, 6.45) is 1.06. The molecule has 6 heteroatoms. The summed E-state index contributed by atoms with van der Waals surface area (Å²) >= 11 is 0. The molecule has 3 rings (SSSR count). The standard InChI is InChI=1S/C22H23N3O3/c1-4-22(2,3)15-5-9-17(10-6-15)28-18-11-7-16(8-12-18)23-21(27)19-13-14-20(26)25-24-19/h5-14H,4H2,1-3H3,(H,23,27)(H,25,26). The number of aromatic amines is 1. The molecule has 0 atom stereocenters. The number of rotatable bonds is 6. The second-order valence-electron chi connectivity index (χ2n) is 7.15. The van der Waals surface area contributed by atoms with Gasteiger partial charge in [-0.1, -0.05) is 32.9 Å². The Morgan fingerprint density at radius 2 is 1.61 bits per heavy atom. The zero-order valence-corrected chi connectivity index (χ0v) is 16.2. The van der Waals surface area contributed by atoms with Gasteiger partial charge in [-0.2, -0.15) is 5.10 Å². The monoisotopic (exact) mass is 377 g/mol. The van der Waals surface area contributed by atoms with Crippen LogP contribution in [-0.2, 0) is 5.41 Å². The highest BCUT2D eigenvalue weighted by Crippen LogP contribution is 2.29. The van der Waals surface area contributed by atoms with Crippen molar-refractivity contribution in [2.24, 2.45) is 0 Å². The van der Waals surface area contributed by atoms with Gasteiger partial charge >= 0.3 is 0 Å². The van der Waals surface area contributed by atoms with E-state index in [4.69, 9.17) is 4.74 Å². The topological polar surface area (TPSA) is 84.1 Å². The third-order valence-corrected chi connectivity index (χ3v) is 4.78. The molecule has 0 unspecified atom stereocenters. The Morgan fingerprint density at radius 3 is 2.14 bits per heavy atom. The second-order valence-corrected chi connectivity index (χ2v) is 7.15. The maximum atomic E-state index is 12.1. The van der Waals surface area contributed by atoms with Crippen LogP contribution in [0.1, 0.15) is 43.2 Å². The average Bonchev–Trinajstić information content (AvgIpc) is 2.70. The maximum absolute atomic E-state index is 12.1. The van der Waals surface area contributed by atoms with E-state index in [2.05, 4.69) is 48.4 Å². The molecular formula is C22H23N3O3. The fourth-order valence-corrected chi connectivity index (χ4v) is 2.59. The first-order valence-corrected chi connectivity index (χ1v) is 9.13. The molecule has 0 aliphatic carbocycles. The molecule has 0 aliphatic heterocycles. The van der Waals surface area contributed by atoms with Gasteiger partial charge in [-0.15, -0.1) is 0 Å². The fourth-order valence-electron chi connectivity index (χ4n) is 2.59. The average molecular weight is 377 g/mol. The highest BCUT2D eigenvalue weighted by Gasteiger charge is 2.17. The molecule has 3 aromatic rings. The number of ether oxygens (including phenoxy) is 1. The molecule has 0 saturated heterocycles. The molecule has 0 aliphatic rings. The van der Waals surface area contributed by atoms with Crippen LogP contribution in [0.25, 0.3) is 0 Å². The predicted octanol–water partition coefficient (Wildman–Crippen LogP) is 4.50. The van der Waals surface area contributed by atoms with Crippen molar-refractivity contribution >= 4 is 11.6 Å². The number of H-pyrrole nitrogens is 1. The predicted molar refractivity (Wildman–Crippen MR) is 109 cm³/mol. The lowest BCUT2D eigenvalue weighted by molar-refractivity contribution is 0.102. The molecule has 1 amide bonds. The zero-order valence-electron chi connectivity index (χ0n) is 16.2. The lowest BCUT2D eigenvalue weighted by atomic mass is 9.82. The van der Waals surface area contributed by atoms with Crippen LogP contribution in [0.5, 0.6) is 11.5 Å². The van der Waals surface area contributed by atoms with Gasteiger partial charge in [0.25, 0.3) is 11.5 Å². The van der Waals surface area contributed by atoms with E-state index in [-0.39, 0.29) is 16.7 Å². The Hall–Kier alpha value is -3.41. The lowest BCUT2D eigenvalue weighted by Gasteiger charge is -2.23. The van der Waals surface area contributed by atoms with Gasteiger partial charge in [0.15, 0.2) is 0 Å². The zero-order chi connectivity index (χ0) is 20.1. The molecule has 0 radical (unpaired) electrons. The van der Waals surface area contributed by atoms with Crippen molar-refractivity contribution < 1.29 is 9.53 Å². The largest absolute Gasteiger partial charge is 0.457 e. The van der Waals surface area contributed by atoms with Gasteiger partial charge in [-0.05, 0) is 59.9 Å². The number of hydrogen-bond acceptors (Lipinski definition) is 4. The Kier molecular flexibility index (Phi) is 5.59. The summed E-state index contributed by atoms with van der Waals surface area (Å²) in [6, 6.07) is 17.8. The first kappa shape index (κ1) is 19.4. The van der Waals surface area contributed by atoms with E-state index >= 15 is 0 Å². The van der Waals surface area contributed by atoms with Crippen LogP contribution in [0.15, 0.2) is 65.5 Å². The number of benzene rings is 2. The van der Waals surface area contributed by atoms with Gasteiger partial charge in [-0.25, -0.2) is 5.10 Å². The second kappa shape index (κ2) is 8.08. The van der Waals surface area contributed by atoms with Crippen molar-refractivity contribution in [1.29, 1.82) is 0 Å². The number of anilines is 1. The van der Waals surface area contributed by atoms with Crippen LogP contribution in [0.2, 0.25) is 0 Å². The minimum atomic E-state index is -0.404. The van der Waals surface area contributed by atoms with Gasteiger partial charge in [0.1, 0.15) is 17.2 Å². The normalized spacial score (nSPS) is 11.1. The summed E-state index contributed by atoms with van der Waals surface area (Å²) in [7, 11) is 0. The lowest BCUT2D eigenvalue weighted by Crippen LogP contribution is -2.17. The van der Waals surface area contributed by atoms with Crippen molar-refractivity contribution in [3.8, 4) is 11.5 Å². The molecule has 1 heterocycles. The molecule has 28 heavy (non-hydrogen) atoms. The van der Waals surface area contributed by atoms with Crippen LogP contribution < -0.4 is 15.6 Å². The number of hydrogen-bond donors (Lipinski definition) is 2. The SMILES string of the molecule is CCC(C)(C)c1ccc(Oc2ccc(NC(=O)c3ccc(=O)[nH]n3)cc2)cc1. The molecule has 1 aromatic heterocycles. The van der Waals surface area contributed by atoms with E-state index in [1.807, 2.05) is 12.1 Å². The van der Waals surface area contributed by atoms with Crippen molar-refractivity contribution in [1.82, 2.24) is 10.2 Å². The summed E-state index contributed by atoms with van der Waals surface area (Å²) in [5.74, 6) is 1.02. The van der Waals surface area contributed by atoms with Crippen LogP contribution in [0.4, 0.5) is 5.69 Å². The Labute approximate surface area is 163 Å². The maximum Gasteiger partial charge on any atom is 0.276 e. The summed E-state index contributed by atoms with van der Waals surface area (Å²) in [4.78, 5) is 23.1. The minimum absolute atomic E-state index is 0.134. The van der Waals surface area contributed by atoms with Crippen molar-refractivity contribution in [2.75, 3.05) is 5.32 Å². The summed E-state index contributed by atoms with van der Waals surface area (Å²) in [5, 5.41) is 8.66. The number of carbonyl (C=O) groups excluding carboxylic acids is 1. The molecule has 6 nitrogen and oxygen atoms in total. The van der Waals surface area contributed by atoms with Gasteiger partial charge < -0.3 is 10.1 Å². The summed E-state index contributed by atoms with van der Waals surface area (Å²) in [6.45, 7) is 6.62. The number of aromatic nitrogens is 2. The molecule has 144 valence electrons. The molecule has 2 N–H and O–H groups in total. The summed E-state index contributed by atoms with van der Waals surface area (Å²) in [5.41, 5.74) is 1.79. The van der Waals surface area contributed by atoms with Crippen LogP contribution in [0, 0.1) is 0 Å². The molecule has 2 aromatic carbocycles. The van der Waals surface area contributed by atoms with Gasteiger partial charge in [-0.3, -0.25) is 9.59 Å². The van der Waals surface area contributed by atoms with E-state index in [0.717, 1.165) is 12.2 Å². The van der Waals surface area contributed by atoms with Gasteiger partial charge in [0.2, 0.25) is 0 Å². The number of amides is 1. The van der Waals surface area contributed by atoms with E-state index in [1.54, 1.807) is 24.3 Å². The third kappa shape index (κ3) is 4.65. The van der Waals surface area contributed by atoms with Crippen molar-refractivity contribution in [3.05, 3.63) is 82.3 Å². The highest BCUT2D eigenvalue weighted by molar-refractivity contribution is 6.02. The Morgan fingerprint density at radius 1 is 1.00 bits per heavy atom. The van der Waals surface area contributed by atoms with E-state index < -0.39 is 5.91 Å². The first-order chi connectivity index (χ1) is 13.4. The quantitative estimate of drug-likeness (QED) is 0.662. The smallest absolute Gasteiger partial charge is 0.276 e. The molecule has 0 bridgehead atoms. The molecule has 0 spiro atoms. The first-order valence-electron chi connectivity index (χ1n) is 9.13. The van der Waals surface area contributed by atoms with Gasteiger partial charge in [0, 0.05) is 11.8 Å². The van der Waals surface area contributed by atoms with Crippen LogP contribution >= 0.6 is 0 Å². The third-order valence-electron chi connectivity index (χ3n) is 4.78. The van der Waals surface area contributed by atoms with Crippen LogP contribution in [-0.4, -0.2) is 16.1 Å². The minimum Gasteiger partial charge on any atom is -0.457 e. The van der Waals surface area contributed by atoms with E-state index in [1.165, 1.54) is 17.7 Å². The van der Waals surface area contributed by atoms with Crippen LogP contribution in [0.3, 0.4) is 0 Å². The number of nitrogens with one attached hydrogen (secondary N) is 2. The summed E-state index contributed by atoms with van der Waals surface area (Å²) < 4.78 is 5.87. The van der Waals surface area contributed by atoms with Crippen molar-refractivity contribution in [2.45, 2.75) is 32.6 Å². The number of nitrogens with zero attached hydrogens (tertiary/aromatic N) is 1.